The molecule has 1 aromatic carbocycles. The summed E-state index contributed by atoms with van der Waals surface area (Å²) >= 11 is 0. The highest BCUT2D eigenvalue weighted by Crippen LogP contribution is 2.35. The minimum absolute atomic E-state index is 0.0457. The molecule has 1 saturated heterocycles. The maximum atomic E-state index is 12.5. The highest BCUT2D eigenvalue weighted by molar-refractivity contribution is 5.84. The van der Waals surface area contributed by atoms with Crippen molar-refractivity contribution in [3.63, 3.8) is 0 Å². The monoisotopic (exact) mass is 303 g/mol. The second-order valence-electron chi connectivity index (χ2n) is 5.75. The van der Waals surface area contributed by atoms with E-state index < -0.39 is 0 Å². The summed E-state index contributed by atoms with van der Waals surface area (Å²) in [4.78, 5) is 26.3. The quantitative estimate of drug-likeness (QED) is 0.779. The number of nitrogens with zero attached hydrogens (tertiary/aromatic N) is 1. The largest absolute Gasteiger partial charge is 0.356 e. The molecule has 2 rings (SSSR count). The Bertz CT molecular complexity index is 504. The molecule has 0 aliphatic carbocycles. The molecule has 5 nitrogen and oxygen atoms in total. The number of benzene rings is 1. The van der Waals surface area contributed by atoms with Crippen molar-refractivity contribution in [2.45, 2.75) is 25.3 Å². The Morgan fingerprint density at radius 1 is 1.27 bits per heavy atom. The summed E-state index contributed by atoms with van der Waals surface area (Å²) in [5.41, 5.74) is 1.02. The molecule has 1 aliphatic heterocycles. The maximum Gasteiger partial charge on any atom is 0.225 e. The van der Waals surface area contributed by atoms with Crippen LogP contribution in [0.1, 0.15) is 30.9 Å². The van der Waals surface area contributed by atoms with Crippen LogP contribution in [0.4, 0.5) is 0 Å². The Kier molecular flexibility index (Phi) is 5.95. The number of rotatable bonds is 6. The van der Waals surface area contributed by atoms with E-state index in [1.807, 2.05) is 37.4 Å². The topological polar surface area (TPSA) is 61.4 Å². The van der Waals surface area contributed by atoms with Gasteiger partial charge in [0.1, 0.15) is 0 Å². The summed E-state index contributed by atoms with van der Waals surface area (Å²) in [6.45, 7) is 1.54. The van der Waals surface area contributed by atoms with Crippen LogP contribution >= 0.6 is 0 Å². The number of carbonyl (C=O) groups excluding carboxylic acids is 2. The lowest BCUT2D eigenvalue weighted by atomic mass is 9.84. The Balaban J connectivity index is 2.10. The van der Waals surface area contributed by atoms with Crippen molar-refractivity contribution in [1.29, 1.82) is 0 Å². The van der Waals surface area contributed by atoms with Crippen LogP contribution < -0.4 is 10.6 Å². The predicted molar refractivity (Wildman–Crippen MR) is 86.2 cm³/mol. The summed E-state index contributed by atoms with van der Waals surface area (Å²) in [5, 5.41) is 6.07. The second kappa shape index (κ2) is 7.94. The molecule has 22 heavy (non-hydrogen) atoms. The van der Waals surface area contributed by atoms with Gasteiger partial charge in [-0.2, -0.15) is 0 Å². The normalized spacial score (nSPS) is 21.7. The molecule has 2 atom stereocenters. The van der Waals surface area contributed by atoms with Gasteiger partial charge in [0.05, 0.1) is 12.0 Å². The van der Waals surface area contributed by atoms with Crippen LogP contribution in [0.25, 0.3) is 0 Å². The van der Waals surface area contributed by atoms with Gasteiger partial charge in [0.25, 0.3) is 0 Å². The number of likely N-dealkylation sites (tertiary alicyclic amines) is 1. The lowest BCUT2D eigenvalue weighted by Crippen LogP contribution is -2.46. The first-order valence-corrected chi connectivity index (χ1v) is 7.88. The molecule has 2 amide bonds. The fraction of sp³-hybridized carbons (Fsp3) is 0.529. The molecule has 120 valence electrons. The first kappa shape index (κ1) is 16.5. The molecule has 1 heterocycles. The molecule has 0 aromatic heterocycles. The summed E-state index contributed by atoms with van der Waals surface area (Å²) in [6.07, 6.45) is 1.95. The van der Waals surface area contributed by atoms with E-state index in [9.17, 15) is 9.59 Å². The molecular weight excluding hydrogens is 278 g/mol. The van der Waals surface area contributed by atoms with Crippen LogP contribution in [-0.2, 0) is 9.59 Å². The van der Waals surface area contributed by atoms with Crippen molar-refractivity contribution in [3.05, 3.63) is 35.9 Å². The molecule has 0 bridgehead atoms. The van der Waals surface area contributed by atoms with Gasteiger partial charge in [-0.25, -0.2) is 0 Å². The summed E-state index contributed by atoms with van der Waals surface area (Å²) in [5.74, 6) is -0.0305. The highest BCUT2D eigenvalue weighted by Gasteiger charge is 2.38. The van der Waals surface area contributed by atoms with Crippen LogP contribution in [0.3, 0.4) is 0 Å². The van der Waals surface area contributed by atoms with Gasteiger partial charge in [-0.1, -0.05) is 30.3 Å². The molecular formula is C17H25N3O2. The second-order valence-corrected chi connectivity index (χ2v) is 5.75. The van der Waals surface area contributed by atoms with Gasteiger partial charge < -0.3 is 15.5 Å². The smallest absolute Gasteiger partial charge is 0.225 e. The van der Waals surface area contributed by atoms with Gasteiger partial charge in [-0.05, 0) is 32.0 Å². The van der Waals surface area contributed by atoms with E-state index in [0.717, 1.165) is 18.5 Å². The summed E-state index contributed by atoms with van der Waals surface area (Å²) < 4.78 is 0. The molecule has 0 spiro atoms. The van der Waals surface area contributed by atoms with Gasteiger partial charge in [-0.3, -0.25) is 9.59 Å². The van der Waals surface area contributed by atoms with Crippen molar-refractivity contribution in [1.82, 2.24) is 15.5 Å². The highest BCUT2D eigenvalue weighted by atomic mass is 16.2. The lowest BCUT2D eigenvalue weighted by molar-refractivity contribution is -0.141. The molecule has 0 saturated carbocycles. The van der Waals surface area contributed by atoms with Crippen LogP contribution in [0.15, 0.2) is 30.3 Å². The number of amides is 2. The van der Waals surface area contributed by atoms with Crippen molar-refractivity contribution < 1.29 is 9.59 Å². The minimum Gasteiger partial charge on any atom is -0.356 e. The van der Waals surface area contributed by atoms with Gasteiger partial charge in [0, 0.05) is 20.0 Å². The van der Waals surface area contributed by atoms with Crippen LogP contribution in [0.2, 0.25) is 0 Å². The van der Waals surface area contributed by atoms with E-state index in [2.05, 4.69) is 10.6 Å². The van der Waals surface area contributed by atoms with E-state index in [-0.39, 0.29) is 23.8 Å². The third kappa shape index (κ3) is 3.85. The Labute approximate surface area is 132 Å². The van der Waals surface area contributed by atoms with Crippen LogP contribution in [-0.4, -0.2) is 43.9 Å². The van der Waals surface area contributed by atoms with Gasteiger partial charge >= 0.3 is 0 Å². The first-order chi connectivity index (χ1) is 10.6. The number of carbonyl (C=O) groups is 2. The van der Waals surface area contributed by atoms with Crippen LogP contribution in [0.5, 0.6) is 0 Å². The Morgan fingerprint density at radius 3 is 2.68 bits per heavy atom. The fourth-order valence-electron chi connectivity index (χ4n) is 3.03. The Hall–Kier alpha value is -1.88. The average molecular weight is 303 g/mol. The number of hydrogen-bond acceptors (Lipinski definition) is 3. The molecule has 2 unspecified atom stereocenters. The van der Waals surface area contributed by atoms with Crippen LogP contribution in [0, 0.1) is 5.92 Å². The third-order valence-corrected chi connectivity index (χ3v) is 4.24. The van der Waals surface area contributed by atoms with Gasteiger partial charge in [0.15, 0.2) is 0 Å². The first-order valence-electron chi connectivity index (χ1n) is 7.88. The number of hydrogen-bond donors (Lipinski definition) is 2. The van der Waals surface area contributed by atoms with Crippen molar-refractivity contribution in [3.8, 4) is 0 Å². The van der Waals surface area contributed by atoms with Crippen molar-refractivity contribution in [2.24, 2.45) is 5.92 Å². The van der Waals surface area contributed by atoms with Gasteiger partial charge in [-0.15, -0.1) is 0 Å². The SMILES string of the molecule is CNCCCNC(=O)C1CCC(=O)N(C)C1c1ccccc1. The molecule has 1 fully saturated rings. The van der Waals surface area contributed by atoms with E-state index in [1.54, 1.807) is 11.9 Å². The predicted octanol–water partition coefficient (Wildman–Crippen LogP) is 1.32. The van der Waals surface area contributed by atoms with E-state index in [1.165, 1.54) is 0 Å². The molecule has 1 aliphatic rings. The molecule has 1 aromatic rings. The van der Waals surface area contributed by atoms with E-state index >= 15 is 0 Å². The number of nitrogens with one attached hydrogen (secondary N) is 2. The van der Waals surface area contributed by atoms with Crippen molar-refractivity contribution >= 4 is 11.8 Å². The van der Waals surface area contributed by atoms with E-state index in [4.69, 9.17) is 0 Å². The Morgan fingerprint density at radius 2 is 2.00 bits per heavy atom. The standard InChI is InChI=1S/C17H25N3O2/c1-18-11-6-12-19-17(22)14-9-10-15(21)20(2)16(14)13-7-4-3-5-8-13/h3-5,7-8,14,16,18H,6,9-12H2,1-2H3,(H,19,22). The maximum absolute atomic E-state index is 12.5. The summed E-state index contributed by atoms with van der Waals surface area (Å²) in [7, 11) is 3.69. The summed E-state index contributed by atoms with van der Waals surface area (Å²) in [6, 6.07) is 9.64. The molecule has 2 N–H and O–H groups in total. The minimum atomic E-state index is -0.181. The van der Waals surface area contributed by atoms with Gasteiger partial charge in [0.2, 0.25) is 11.8 Å². The molecule has 5 heteroatoms. The van der Waals surface area contributed by atoms with Crippen molar-refractivity contribution in [2.75, 3.05) is 27.2 Å². The number of piperidine rings is 1. The zero-order valence-electron chi connectivity index (χ0n) is 13.3. The van der Waals surface area contributed by atoms with E-state index in [0.29, 0.717) is 19.4 Å². The average Bonchev–Trinajstić information content (AvgIpc) is 2.54. The fourth-order valence-corrected chi connectivity index (χ4v) is 3.03. The zero-order valence-corrected chi connectivity index (χ0v) is 13.3. The molecule has 0 radical (unpaired) electrons. The zero-order chi connectivity index (χ0) is 15.9. The third-order valence-electron chi connectivity index (χ3n) is 4.24. The lowest BCUT2D eigenvalue weighted by Gasteiger charge is -2.38.